The van der Waals surface area contributed by atoms with Crippen LogP contribution in [0.2, 0.25) is 0 Å². The van der Waals surface area contributed by atoms with Gasteiger partial charge in [-0.1, -0.05) is 91.0 Å². The molecule has 7 aromatic rings. The van der Waals surface area contributed by atoms with Crippen molar-refractivity contribution in [2.24, 2.45) is 0 Å². The Morgan fingerprint density at radius 3 is 1.89 bits per heavy atom. The van der Waals surface area contributed by atoms with Crippen LogP contribution in [-0.2, 0) is 0 Å². The smallest absolute Gasteiger partial charge is 0.0707 e. The molecule has 0 atom stereocenters. The molecule has 0 fully saturated rings. The van der Waals surface area contributed by atoms with Crippen LogP contribution in [0.25, 0.3) is 61.3 Å². The number of aryl methyl sites for hydroxylation is 1. The lowest BCUT2D eigenvalue weighted by molar-refractivity contribution is 1.19. The molecule has 2 nitrogen and oxygen atoms in total. The normalized spacial score (nSPS) is 11.9. The molecule has 7 rings (SSSR count). The Kier molecular flexibility index (Phi) is 4.71. The Balaban J connectivity index is 1.48. The average molecular weight is 461 g/mol. The van der Waals surface area contributed by atoms with Crippen molar-refractivity contribution >= 4 is 55.6 Å². The molecule has 0 unspecified atom stereocenters. The van der Waals surface area contributed by atoms with Crippen molar-refractivity contribution in [2.45, 2.75) is 6.92 Å². The van der Waals surface area contributed by atoms with Crippen LogP contribution in [-0.4, -0.2) is 9.55 Å². The second kappa shape index (κ2) is 8.21. The van der Waals surface area contributed by atoms with Crippen LogP contribution in [0.3, 0.4) is 0 Å². The van der Waals surface area contributed by atoms with Crippen molar-refractivity contribution in [3.63, 3.8) is 0 Å². The first kappa shape index (κ1) is 20.7. The van der Waals surface area contributed by atoms with Gasteiger partial charge in [-0.3, -0.25) is 4.98 Å². The van der Waals surface area contributed by atoms with Crippen LogP contribution in [0.5, 0.6) is 0 Å². The fourth-order valence-corrected chi connectivity index (χ4v) is 5.54. The number of nitrogens with zero attached hydrogens (tertiary/aromatic N) is 2. The fourth-order valence-electron chi connectivity index (χ4n) is 5.54. The molecule has 170 valence electrons. The molecule has 2 heterocycles. The molecular formula is C34H24N2. The predicted octanol–water partition coefficient (Wildman–Crippen LogP) is 8.96. The molecule has 0 aliphatic carbocycles. The Morgan fingerprint density at radius 1 is 0.583 bits per heavy atom. The van der Waals surface area contributed by atoms with E-state index in [9.17, 15) is 0 Å². The summed E-state index contributed by atoms with van der Waals surface area (Å²) in [5, 5.41) is 6.23. The molecule has 0 saturated carbocycles. The maximum atomic E-state index is 4.52. The highest BCUT2D eigenvalue weighted by molar-refractivity contribution is 6.11. The Morgan fingerprint density at radius 2 is 1.17 bits per heavy atom. The topological polar surface area (TPSA) is 17.8 Å². The van der Waals surface area contributed by atoms with Gasteiger partial charge in [0.15, 0.2) is 0 Å². The van der Waals surface area contributed by atoms with E-state index in [1.807, 2.05) is 12.3 Å². The molecule has 0 spiro atoms. The minimum Gasteiger partial charge on any atom is -0.309 e. The number of rotatable bonds is 3. The van der Waals surface area contributed by atoms with Crippen molar-refractivity contribution < 1.29 is 0 Å². The van der Waals surface area contributed by atoms with E-state index < -0.39 is 0 Å². The number of hydrogen-bond acceptors (Lipinski definition) is 1. The monoisotopic (exact) mass is 460 g/mol. The third-order valence-electron chi connectivity index (χ3n) is 7.20. The Labute approximate surface area is 209 Å². The van der Waals surface area contributed by atoms with E-state index in [1.165, 1.54) is 60.3 Å². The van der Waals surface area contributed by atoms with E-state index >= 15 is 0 Å². The van der Waals surface area contributed by atoms with Gasteiger partial charge in [0.05, 0.1) is 22.2 Å². The highest BCUT2D eigenvalue weighted by atomic mass is 15.0. The van der Waals surface area contributed by atoms with E-state index in [4.69, 9.17) is 0 Å². The van der Waals surface area contributed by atoms with Crippen LogP contribution < -0.4 is 0 Å². The zero-order valence-electron chi connectivity index (χ0n) is 20.0. The molecule has 36 heavy (non-hydrogen) atoms. The first-order valence-corrected chi connectivity index (χ1v) is 12.3. The summed E-state index contributed by atoms with van der Waals surface area (Å²) in [4.78, 5) is 4.52. The minimum atomic E-state index is 1.02. The number of fused-ring (bicyclic) bond motifs is 5. The van der Waals surface area contributed by atoms with Gasteiger partial charge in [0.2, 0.25) is 0 Å². The van der Waals surface area contributed by atoms with E-state index in [2.05, 4.69) is 132 Å². The molecular weight excluding hydrogens is 436 g/mol. The molecule has 2 aromatic heterocycles. The van der Waals surface area contributed by atoms with Crippen LogP contribution in [0, 0.1) is 6.92 Å². The SMILES string of the molecule is Cc1cc(-n2c3ccccc3c3ccccc32)c2ccccc2c1/C=C/c1ccnc2ccccc12. The highest BCUT2D eigenvalue weighted by Crippen LogP contribution is 2.37. The minimum absolute atomic E-state index is 1.02. The van der Waals surface area contributed by atoms with Gasteiger partial charge in [0.1, 0.15) is 0 Å². The van der Waals surface area contributed by atoms with E-state index in [0.29, 0.717) is 0 Å². The largest absolute Gasteiger partial charge is 0.309 e. The van der Waals surface area contributed by atoms with Gasteiger partial charge >= 0.3 is 0 Å². The molecule has 0 N–H and O–H groups in total. The lowest BCUT2D eigenvalue weighted by atomic mass is 9.96. The first-order valence-electron chi connectivity index (χ1n) is 12.3. The Bertz CT molecular complexity index is 1900. The molecule has 0 aliphatic rings. The number of para-hydroxylation sites is 3. The molecule has 0 amide bonds. The van der Waals surface area contributed by atoms with Crippen molar-refractivity contribution in [2.75, 3.05) is 0 Å². The molecule has 0 radical (unpaired) electrons. The molecule has 0 bridgehead atoms. The van der Waals surface area contributed by atoms with Gasteiger partial charge in [-0.05, 0) is 59.3 Å². The number of hydrogen-bond donors (Lipinski definition) is 0. The van der Waals surface area contributed by atoms with Crippen molar-refractivity contribution in [1.29, 1.82) is 0 Å². The van der Waals surface area contributed by atoms with Crippen LogP contribution in [0.1, 0.15) is 16.7 Å². The maximum Gasteiger partial charge on any atom is 0.0707 e. The van der Waals surface area contributed by atoms with Gasteiger partial charge in [-0.2, -0.15) is 0 Å². The van der Waals surface area contributed by atoms with E-state index in [0.717, 1.165) is 5.52 Å². The van der Waals surface area contributed by atoms with Crippen molar-refractivity contribution in [1.82, 2.24) is 9.55 Å². The van der Waals surface area contributed by atoms with Gasteiger partial charge < -0.3 is 4.57 Å². The first-order chi connectivity index (χ1) is 17.8. The summed E-state index contributed by atoms with van der Waals surface area (Å²) in [6, 6.07) is 38.9. The van der Waals surface area contributed by atoms with Gasteiger partial charge in [0, 0.05) is 27.7 Å². The zero-order valence-corrected chi connectivity index (χ0v) is 20.0. The quantitative estimate of drug-likeness (QED) is 0.257. The second-order valence-corrected chi connectivity index (χ2v) is 9.29. The molecule has 0 aliphatic heterocycles. The second-order valence-electron chi connectivity index (χ2n) is 9.29. The summed E-state index contributed by atoms with van der Waals surface area (Å²) in [6.07, 6.45) is 6.37. The van der Waals surface area contributed by atoms with Gasteiger partial charge in [-0.25, -0.2) is 0 Å². The van der Waals surface area contributed by atoms with Crippen LogP contribution in [0.4, 0.5) is 0 Å². The van der Waals surface area contributed by atoms with Crippen molar-refractivity contribution in [3.05, 3.63) is 132 Å². The third-order valence-corrected chi connectivity index (χ3v) is 7.20. The zero-order chi connectivity index (χ0) is 24.1. The Hall–Kier alpha value is -4.69. The summed E-state index contributed by atoms with van der Waals surface area (Å²) in [5.41, 5.74) is 8.37. The van der Waals surface area contributed by atoms with Gasteiger partial charge in [-0.15, -0.1) is 0 Å². The summed E-state index contributed by atoms with van der Waals surface area (Å²) in [5.74, 6) is 0. The molecule has 0 saturated heterocycles. The summed E-state index contributed by atoms with van der Waals surface area (Å²) in [7, 11) is 0. The number of pyridine rings is 1. The van der Waals surface area contributed by atoms with E-state index in [1.54, 1.807) is 0 Å². The van der Waals surface area contributed by atoms with E-state index in [-0.39, 0.29) is 0 Å². The molecule has 5 aromatic carbocycles. The van der Waals surface area contributed by atoms with Crippen molar-refractivity contribution in [3.8, 4) is 5.69 Å². The molecule has 2 heteroatoms. The predicted molar refractivity (Wildman–Crippen MR) is 154 cm³/mol. The summed E-state index contributed by atoms with van der Waals surface area (Å²) >= 11 is 0. The standard InChI is InChI=1S/C34H24N2/c1-23-22-34(36-32-16-8-5-13-29(32)30-14-6-9-17-33(30)36)28-12-3-2-11-27(28)25(23)19-18-24-20-21-35-31-15-7-4-10-26(24)31/h2-22H,1H3/b19-18+. The summed E-state index contributed by atoms with van der Waals surface area (Å²) < 4.78 is 2.42. The highest BCUT2D eigenvalue weighted by Gasteiger charge is 2.15. The third kappa shape index (κ3) is 3.15. The number of aromatic nitrogens is 2. The lowest BCUT2D eigenvalue weighted by Crippen LogP contribution is -1.98. The average Bonchev–Trinajstić information content (AvgIpc) is 3.26. The van der Waals surface area contributed by atoms with Gasteiger partial charge in [0.25, 0.3) is 0 Å². The maximum absolute atomic E-state index is 4.52. The lowest BCUT2D eigenvalue weighted by Gasteiger charge is -2.16. The van der Waals surface area contributed by atoms with Crippen LogP contribution in [0.15, 0.2) is 115 Å². The number of benzene rings is 5. The fraction of sp³-hybridized carbons (Fsp3) is 0.0294. The van der Waals surface area contributed by atoms with Crippen LogP contribution >= 0.6 is 0 Å². The summed E-state index contributed by atoms with van der Waals surface area (Å²) in [6.45, 7) is 2.22.